The van der Waals surface area contributed by atoms with Gasteiger partial charge in [-0.2, -0.15) is 0 Å². The molecular formula is C14H19FN4O. The second kappa shape index (κ2) is 5.38. The van der Waals surface area contributed by atoms with Gasteiger partial charge in [-0.3, -0.25) is 9.69 Å². The summed E-state index contributed by atoms with van der Waals surface area (Å²) in [5.74, 6) is -1.01. The van der Waals surface area contributed by atoms with Crippen molar-refractivity contribution in [2.75, 3.05) is 44.2 Å². The van der Waals surface area contributed by atoms with Gasteiger partial charge in [-0.1, -0.05) is 0 Å². The number of nitrogens with one attached hydrogen (secondary N) is 1. The standard InChI is InChI=1S/C14H19FN4O/c15-10-1-2-13(12(7-10)14(16)20)19-8-11(9-19)18-5-3-17-4-6-18/h1-2,7,11,17H,3-6,8-9H2,(H2,16,20). The lowest BCUT2D eigenvalue weighted by Crippen LogP contribution is -2.63. The van der Waals surface area contributed by atoms with E-state index in [4.69, 9.17) is 5.73 Å². The summed E-state index contributed by atoms with van der Waals surface area (Å²) in [4.78, 5) is 16.0. The van der Waals surface area contributed by atoms with Crippen molar-refractivity contribution in [2.24, 2.45) is 5.73 Å². The van der Waals surface area contributed by atoms with Crippen LogP contribution in [0.25, 0.3) is 0 Å². The van der Waals surface area contributed by atoms with Crippen molar-refractivity contribution in [1.29, 1.82) is 0 Å². The zero-order valence-corrected chi connectivity index (χ0v) is 11.3. The van der Waals surface area contributed by atoms with Crippen molar-refractivity contribution < 1.29 is 9.18 Å². The SMILES string of the molecule is NC(=O)c1cc(F)ccc1N1CC(N2CCNCC2)C1. The maximum atomic E-state index is 13.2. The maximum Gasteiger partial charge on any atom is 0.250 e. The molecule has 0 unspecified atom stereocenters. The predicted molar refractivity (Wildman–Crippen MR) is 75.4 cm³/mol. The molecule has 0 saturated carbocycles. The van der Waals surface area contributed by atoms with Crippen LogP contribution in [0, 0.1) is 5.82 Å². The van der Waals surface area contributed by atoms with E-state index in [-0.39, 0.29) is 5.56 Å². The number of halogens is 1. The third-order valence-electron chi connectivity index (χ3n) is 4.10. The van der Waals surface area contributed by atoms with E-state index in [9.17, 15) is 9.18 Å². The van der Waals surface area contributed by atoms with E-state index >= 15 is 0 Å². The van der Waals surface area contributed by atoms with Crippen LogP contribution in [0.15, 0.2) is 18.2 Å². The van der Waals surface area contributed by atoms with Crippen LogP contribution in [0.3, 0.4) is 0 Å². The Balaban J connectivity index is 1.68. The van der Waals surface area contributed by atoms with Gasteiger partial charge in [0.05, 0.1) is 5.56 Å². The zero-order valence-electron chi connectivity index (χ0n) is 11.3. The van der Waals surface area contributed by atoms with E-state index in [2.05, 4.69) is 15.1 Å². The second-order valence-corrected chi connectivity index (χ2v) is 5.37. The van der Waals surface area contributed by atoms with Gasteiger partial charge in [0.2, 0.25) is 0 Å². The molecule has 0 aliphatic carbocycles. The van der Waals surface area contributed by atoms with Crippen molar-refractivity contribution in [3.8, 4) is 0 Å². The van der Waals surface area contributed by atoms with E-state index < -0.39 is 11.7 Å². The number of carbonyl (C=O) groups is 1. The Morgan fingerprint density at radius 3 is 2.65 bits per heavy atom. The number of hydrogen-bond donors (Lipinski definition) is 2. The van der Waals surface area contributed by atoms with Crippen molar-refractivity contribution in [2.45, 2.75) is 6.04 Å². The minimum absolute atomic E-state index is 0.267. The van der Waals surface area contributed by atoms with E-state index in [0.717, 1.165) is 45.0 Å². The molecule has 2 aliphatic heterocycles. The number of carbonyl (C=O) groups excluding carboxylic acids is 1. The molecule has 2 aliphatic rings. The summed E-state index contributed by atoms with van der Waals surface area (Å²) >= 11 is 0. The highest BCUT2D eigenvalue weighted by molar-refractivity contribution is 5.98. The Bertz CT molecular complexity index is 510. The normalized spacial score (nSPS) is 20.8. The molecule has 108 valence electrons. The number of amides is 1. The number of primary amides is 1. The summed E-state index contributed by atoms with van der Waals surface area (Å²) in [7, 11) is 0. The predicted octanol–water partition coefficient (Wildman–Crippen LogP) is 0.0184. The maximum absolute atomic E-state index is 13.2. The van der Waals surface area contributed by atoms with Crippen LogP contribution in [-0.2, 0) is 0 Å². The molecule has 0 spiro atoms. The lowest BCUT2D eigenvalue weighted by atomic mass is 10.0. The van der Waals surface area contributed by atoms with E-state index in [1.54, 1.807) is 6.07 Å². The fourth-order valence-electron chi connectivity index (χ4n) is 2.91. The third-order valence-corrected chi connectivity index (χ3v) is 4.10. The Labute approximate surface area is 117 Å². The fourth-order valence-corrected chi connectivity index (χ4v) is 2.91. The quantitative estimate of drug-likeness (QED) is 0.818. The van der Waals surface area contributed by atoms with Gasteiger partial charge < -0.3 is 16.0 Å². The second-order valence-electron chi connectivity index (χ2n) is 5.37. The molecular weight excluding hydrogens is 259 g/mol. The molecule has 3 rings (SSSR count). The van der Waals surface area contributed by atoms with E-state index in [0.29, 0.717) is 6.04 Å². The van der Waals surface area contributed by atoms with Gasteiger partial charge >= 0.3 is 0 Å². The average Bonchev–Trinajstić information content (AvgIpc) is 2.39. The minimum atomic E-state index is -0.579. The lowest BCUT2D eigenvalue weighted by Gasteiger charge is -2.48. The fraction of sp³-hybridized carbons (Fsp3) is 0.500. The zero-order chi connectivity index (χ0) is 14.1. The van der Waals surface area contributed by atoms with E-state index in [1.165, 1.54) is 12.1 Å². The first-order valence-corrected chi connectivity index (χ1v) is 6.94. The average molecular weight is 278 g/mol. The highest BCUT2D eigenvalue weighted by Crippen LogP contribution is 2.28. The largest absolute Gasteiger partial charge is 0.368 e. The monoisotopic (exact) mass is 278 g/mol. The van der Waals surface area contributed by atoms with E-state index in [1.807, 2.05) is 0 Å². The molecule has 3 N–H and O–H groups in total. The van der Waals surface area contributed by atoms with Crippen LogP contribution < -0.4 is 16.0 Å². The molecule has 1 aromatic carbocycles. The molecule has 1 amide bonds. The van der Waals surface area contributed by atoms with Crippen LogP contribution in [0.5, 0.6) is 0 Å². The number of piperazine rings is 1. The smallest absolute Gasteiger partial charge is 0.250 e. The number of nitrogens with two attached hydrogens (primary N) is 1. The Morgan fingerprint density at radius 2 is 2.00 bits per heavy atom. The van der Waals surface area contributed by atoms with Crippen molar-refractivity contribution in [3.05, 3.63) is 29.6 Å². The molecule has 0 bridgehead atoms. The first kappa shape index (κ1) is 13.3. The highest BCUT2D eigenvalue weighted by Gasteiger charge is 2.33. The summed E-state index contributed by atoms with van der Waals surface area (Å²) in [6, 6.07) is 4.75. The van der Waals surface area contributed by atoms with Crippen molar-refractivity contribution in [1.82, 2.24) is 10.2 Å². The molecule has 0 aromatic heterocycles. The lowest BCUT2D eigenvalue weighted by molar-refractivity contribution is 0.0999. The third kappa shape index (κ3) is 2.48. The summed E-state index contributed by atoms with van der Waals surface area (Å²) in [5, 5.41) is 3.33. The highest BCUT2D eigenvalue weighted by atomic mass is 19.1. The van der Waals surface area contributed by atoms with Crippen LogP contribution in [0.1, 0.15) is 10.4 Å². The van der Waals surface area contributed by atoms with Crippen LogP contribution >= 0.6 is 0 Å². The van der Waals surface area contributed by atoms with Crippen LogP contribution in [0.4, 0.5) is 10.1 Å². The summed E-state index contributed by atoms with van der Waals surface area (Å²) in [6.07, 6.45) is 0. The Hall–Kier alpha value is -1.66. The number of anilines is 1. The molecule has 5 nitrogen and oxygen atoms in total. The summed E-state index contributed by atoms with van der Waals surface area (Å²) in [6.45, 7) is 5.91. The van der Waals surface area contributed by atoms with Gasteiger partial charge in [-0.05, 0) is 18.2 Å². The van der Waals surface area contributed by atoms with Gasteiger partial charge in [-0.25, -0.2) is 4.39 Å². The minimum Gasteiger partial charge on any atom is -0.368 e. The Kier molecular flexibility index (Phi) is 3.58. The number of hydrogen-bond acceptors (Lipinski definition) is 4. The molecule has 2 saturated heterocycles. The van der Waals surface area contributed by atoms with Gasteiger partial charge in [0.25, 0.3) is 5.91 Å². The molecule has 1 aromatic rings. The van der Waals surface area contributed by atoms with Crippen LogP contribution in [0.2, 0.25) is 0 Å². The van der Waals surface area contributed by atoms with Crippen LogP contribution in [-0.4, -0.2) is 56.1 Å². The molecule has 2 fully saturated rings. The van der Waals surface area contributed by atoms with Crippen molar-refractivity contribution >= 4 is 11.6 Å². The van der Waals surface area contributed by atoms with Gasteiger partial charge in [-0.15, -0.1) is 0 Å². The first-order valence-electron chi connectivity index (χ1n) is 6.94. The topological polar surface area (TPSA) is 61.6 Å². The van der Waals surface area contributed by atoms with Gasteiger partial charge in [0, 0.05) is 51.0 Å². The van der Waals surface area contributed by atoms with Crippen molar-refractivity contribution in [3.63, 3.8) is 0 Å². The molecule has 0 atom stereocenters. The summed E-state index contributed by atoms with van der Waals surface area (Å²) < 4.78 is 13.2. The molecule has 2 heterocycles. The summed E-state index contributed by atoms with van der Waals surface area (Å²) in [5.41, 5.74) is 6.33. The first-order chi connectivity index (χ1) is 9.65. The number of rotatable bonds is 3. The number of benzene rings is 1. The molecule has 20 heavy (non-hydrogen) atoms. The Morgan fingerprint density at radius 1 is 1.30 bits per heavy atom. The number of nitrogens with zero attached hydrogens (tertiary/aromatic N) is 2. The van der Waals surface area contributed by atoms with Gasteiger partial charge in [0.15, 0.2) is 0 Å². The molecule has 6 heteroatoms. The molecule has 0 radical (unpaired) electrons. The van der Waals surface area contributed by atoms with Gasteiger partial charge in [0.1, 0.15) is 5.82 Å².